The van der Waals surface area contributed by atoms with Crippen molar-refractivity contribution in [2.75, 3.05) is 0 Å². The molecule has 0 spiro atoms. The monoisotopic (exact) mass is 682 g/mol. The van der Waals surface area contributed by atoms with E-state index in [1.165, 1.54) is 70.9 Å². The number of fused-ring (bicyclic) bond motifs is 3. The predicted octanol–water partition coefficient (Wildman–Crippen LogP) is -15.5. The molecular formula is C37H40B14N2O. The van der Waals surface area contributed by atoms with E-state index < -0.39 is 0 Å². The molecule has 1 aliphatic carbocycles. The Bertz CT molecular complexity index is 2890. The van der Waals surface area contributed by atoms with Crippen LogP contribution in [0.25, 0.3) is 44.5 Å². The van der Waals surface area contributed by atoms with Gasteiger partial charge in [-0.3, -0.25) is 9.36 Å². The number of nitrogens with zero attached hydrogens (tertiary/aromatic N) is 2. The number of rotatable bonds is 4. The molecule has 7 rings (SSSR count). The lowest BCUT2D eigenvalue weighted by atomic mass is 9.57. The first-order valence-electron chi connectivity index (χ1n) is 19.3. The summed E-state index contributed by atoms with van der Waals surface area (Å²) in [6.07, 6.45) is 0. The summed E-state index contributed by atoms with van der Waals surface area (Å²) in [6.45, 7) is 2.15. The SMILES string of the molecule is B/C(C)=C(B)/C(B)=C1\C(=O)C(c2c(B)c(B)c3c(B)c(B)c(B)c(B)c3c2B)=c2c(B)c(B)c(B)c(B)c2=C1n1c(-c2ccccc2)nc2ccccc21. The Hall–Kier alpha value is -4.37. The van der Waals surface area contributed by atoms with Crippen LogP contribution in [-0.2, 0) is 4.79 Å². The lowest BCUT2D eigenvalue weighted by Gasteiger charge is -2.31. The van der Waals surface area contributed by atoms with Gasteiger partial charge in [-0.05, 0) is 38.9 Å². The minimum Gasteiger partial charge on any atom is -0.291 e. The van der Waals surface area contributed by atoms with Crippen LogP contribution in [0.5, 0.6) is 0 Å². The molecule has 0 N–H and O–H groups in total. The van der Waals surface area contributed by atoms with Gasteiger partial charge in [0.1, 0.15) is 116 Å². The van der Waals surface area contributed by atoms with Crippen LogP contribution in [0.1, 0.15) is 12.5 Å². The molecule has 1 aliphatic rings. The van der Waals surface area contributed by atoms with Crippen molar-refractivity contribution in [3.05, 3.63) is 92.6 Å². The van der Waals surface area contributed by atoms with Gasteiger partial charge in [-0.25, -0.2) is 4.98 Å². The largest absolute Gasteiger partial charge is 0.291 e. The molecule has 0 amide bonds. The fourth-order valence-electron chi connectivity index (χ4n) is 9.20. The van der Waals surface area contributed by atoms with Crippen molar-refractivity contribution >= 4 is 209 Å². The maximum atomic E-state index is 16.3. The van der Waals surface area contributed by atoms with Crippen LogP contribution in [0.2, 0.25) is 0 Å². The molecule has 0 atom stereocenters. The van der Waals surface area contributed by atoms with E-state index in [2.05, 4.69) is 164 Å². The van der Waals surface area contributed by atoms with Crippen molar-refractivity contribution in [2.24, 2.45) is 0 Å². The van der Waals surface area contributed by atoms with Crippen molar-refractivity contribution in [2.45, 2.75) is 6.92 Å². The van der Waals surface area contributed by atoms with Gasteiger partial charge in [-0.2, -0.15) is 0 Å². The van der Waals surface area contributed by atoms with Crippen LogP contribution in [-0.4, -0.2) is 125 Å². The summed E-state index contributed by atoms with van der Waals surface area (Å²) in [5.41, 5.74) is 23.5. The van der Waals surface area contributed by atoms with Crippen LogP contribution in [0.4, 0.5) is 0 Å². The number of carbonyl (C=O) groups is 1. The molecule has 0 saturated carbocycles. The summed E-state index contributed by atoms with van der Waals surface area (Å²) in [5, 5.41) is 4.76. The Labute approximate surface area is 332 Å². The summed E-state index contributed by atoms with van der Waals surface area (Å²) >= 11 is 0. The van der Waals surface area contributed by atoms with Gasteiger partial charge in [0, 0.05) is 16.7 Å². The highest BCUT2D eigenvalue weighted by atomic mass is 16.1. The van der Waals surface area contributed by atoms with Crippen molar-refractivity contribution in [1.82, 2.24) is 9.55 Å². The topological polar surface area (TPSA) is 34.9 Å². The van der Waals surface area contributed by atoms with Gasteiger partial charge in [0.25, 0.3) is 0 Å². The summed E-state index contributed by atoms with van der Waals surface area (Å²) < 4.78 is 2.29. The van der Waals surface area contributed by atoms with Crippen molar-refractivity contribution in [3.63, 3.8) is 0 Å². The quantitative estimate of drug-likeness (QED) is 0.137. The highest BCUT2D eigenvalue weighted by molar-refractivity contribution is 6.72. The number of para-hydroxylation sites is 2. The Morgan fingerprint density at radius 2 is 1.07 bits per heavy atom. The van der Waals surface area contributed by atoms with E-state index in [9.17, 15) is 0 Å². The van der Waals surface area contributed by atoms with Gasteiger partial charge in [0.2, 0.25) is 0 Å². The first kappa shape index (κ1) is 37.9. The van der Waals surface area contributed by atoms with Gasteiger partial charge in [-0.15, -0.1) is 32.8 Å². The standard InChI is InChI=1S/C37H40B14N2O/c1-11(38)22(39)30(47)21-35(53-14-10-6-5-9-13(14)52-37(53)12-7-3-2-4-8-12)20-15(24(41)31(48)34(51)29(20)46)16(36(21)54)17-23(40)18-19(26(43)25(17)42)28(45)33(50)32(49)27(18)44/h2-10H,38-51H2,1H3/b22-11-,30-21+. The van der Waals surface area contributed by atoms with Crippen LogP contribution < -0.4 is 70.5 Å². The van der Waals surface area contributed by atoms with E-state index in [0.29, 0.717) is 0 Å². The van der Waals surface area contributed by atoms with E-state index in [4.69, 9.17) is 4.98 Å². The zero-order valence-electron chi connectivity index (χ0n) is 35.0. The Morgan fingerprint density at radius 1 is 0.574 bits per heavy atom. The highest BCUT2D eigenvalue weighted by Crippen LogP contribution is 2.34. The molecule has 0 radical (unpaired) electrons. The molecule has 54 heavy (non-hydrogen) atoms. The average molecular weight is 680 g/mol. The van der Waals surface area contributed by atoms with Gasteiger partial charge in [0.15, 0.2) is 5.78 Å². The Kier molecular flexibility index (Phi) is 9.64. The maximum absolute atomic E-state index is 16.3. The number of aromatic nitrogens is 2. The van der Waals surface area contributed by atoms with E-state index in [-0.39, 0.29) is 5.78 Å². The zero-order chi connectivity index (χ0) is 39.2. The molecule has 0 unspecified atom stereocenters. The van der Waals surface area contributed by atoms with Crippen molar-refractivity contribution < 1.29 is 4.79 Å². The first-order chi connectivity index (χ1) is 25.5. The molecule has 0 saturated heterocycles. The lowest BCUT2D eigenvalue weighted by molar-refractivity contribution is -0.110. The predicted molar refractivity (Wildman–Crippen MR) is 276 cm³/mol. The molecule has 5 aromatic carbocycles. The minimum absolute atomic E-state index is 0.0707. The highest BCUT2D eigenvalue weighted by Gasteiger charge is 2.35. The van der Waals surface area contributed by atoms with Crippen LogP contribution >= 0.6 is 0 Å². The molecule has 3 nitrogen and oxygen atoms in total. The van der Waals surface area contributed by atoms with E-state index in [0.717, 1.165) is 71.7 Å². The minimum atomic E-state index is 0.0707. The van der Waals surface area contributed by atoms with E-state index in [1.54, 1.807) is 0 Å². The number of ketones is 1. The van der Waals surface area contributed by atoms with Gasteiger partial charge < -0.3 is 0 Å². The molecular weight excluding hydrogens is 640 g/mol. The number of carbonyl (C=O) groups excluding carboxylic acids is 1. The van der Waals surface area contributed by atoms with Crippen LogP contribution in [0.3, 0.4) is 0 Å². The van der Waals surface area contributed by atoms with Gasteiger partial charge >= 0.3 is 0 Å². The molecule has 1 aromatic heterocycles. The fourth-order valence-corrected chi connectivity index (χ4v) is 9.20. The maximum Gasteiger partial charge on any atom is 0.195 e. The molecule has 246 valence electrons. The second-order valence-corrected chi connectivity index (χ2v) is 16.1. The number of benzene rings is 5. The van der Waals surface area contributed by atoms with E-state index >= 15 is 4.79 Å². The Morgan fingerprint density at radius 3 is 1.67 bits per heavy atom. The van der Waals surface area contributed by atoms with Gasteiger partial charge in [0.05, 0.1) is 16.7 Å². The molecule has 0 aliphatic heterocycles. The number of allylic oxidation sites excluding steroid dienone is 4. The van der Waals surface area contributed by atoms with Gasteiger partial charge in [-0.1, -0.05) is 93.1 Å². The molecule has 1 heterocycles. The van der Waals surface area contributed by atoms with Crippen LogP contribution in [0.15, 0.2) is 76.6 Å². The summed E-state index contributed by atoms with van der Waals surface area (Å²) in [7, 11) is 31.1. The second kappa shape index (κ2) is 13.7. The third-order valence-corrected chi connectivity index (χ3v) is 13.4. The van der Waals surface area contributed by atoms with E-state index in [1.807, 2.05) is 12.1 Å². The molecule has 6 aromatic rings. The molecule has 0 bridgehead atoms. The van der Waals surface area contributed by atoms with Crippen molar-refractivity contribution in [1.29, 1.82) is 0 Å². The normalized spacial score (nSPS) is 14.4. The van der Waals surface area contributed by atoms with Crippen LogP contribution in [0, 0.1) is 0 Å². The fraction of sp³-hybridized carbons (Fsp3) is 0.0270. The zero-order valence-corrected chi connectivity index (χ0v) is 35.0. The Balaban J connectivity index is 1.87. The summed E-state index contributed by atoms with van der Waals surface area (Å²) in [4.78, 5) is 21.6. The first-order valence-corrected chi connectivity index (χ1v) is 19.3. The summed E-state index contributed by atoms with van der Waals surface area (Å²) in [5.74, 6) is 0.900. The summed E-state index contributed by atoms with van der Waals surface area (Å²) in [6, 6.07) is 18.8. The van der Waals surface area contributed by atoms with Crippen molar-refractivity contribution in [3.8, 4) is 11.4 Å². The average Bonchev–Trinajstić information content (AvgIpc) is 3.55. The smallest absolute Gasteiger partial charge is 0.195 e. The lowest BCUT2D eigenvalue weighted by Crippen LogP contribution is -2.67. The number of Topliss-reactive ketones (excluding diaryl/α,β-unsaturated/α-hetero) is 1. The molecule has 0 fully saturated rings. The number of hydrogen-bond acceptors (Lipinski definition) is 2. The third kappa shape index (κ3) is 5.39. The number of hydrogen-bond donors (Lipinski definition) is 0. The third-order valence-electron chi connectivity index (χ3n) is 13.4. The number of imidazole rings is 1. The molecule has 17 heteroatoms. The second-order valence-electron chi connectivity index (χ2n) is 16.1.